The average Bonchev–Trinajstić information content (AvgIpc) is 3.76. The Balaban J connectivity index is 0.000000332. The van der Waals surface area contributed by atoms with Crippen LogP contribution in [0.5, 0.6) is 11.5 Å². The molecule has 0 unspecified atom stereocenters. The molecule has 0 spiro atoms. The molecule has 0 aliphatic carbocycles. The Kier molecular flexibility index (Phi) is 14.0. The lowest BCUT2D eigenvalue weighted by Crippen LogP contribution is -2.30. The Bertz CT molecular complexity index is 1310. The third-order valence-electron chi connectivity index (χ3n) is 7.25. The maximum atomic E-state index is 12.6. The number of aliphatic hydroxyl groups is 1. The number of amides is 1. The van der Waals surface area contributed by atoms with Crippen LogP contribution in [0, 0.1) is 11.8 Å². The molecule has 0 bridgehead atoms. The predicted molar refractivity (Wildman–Crippen MR) is 161 cm³/mol. The van der Waals surface area contributed by atoms with E-state index in [0.717, 1.165) is 62.9 Å². The Labute approximate surface area is 265 Å². The van der Waals surface area contributed by atoms with Crippen molar-refractivity contribution in [2.75, 3.05) is 46.5 Å². The second-order valence-corrected chi connectivity index (χ2v) is 10.7. The zero-order chi connectivity index (χ0) is 33.6. The van der Waals surface area contributed by atoms with Crippen molar-refractivity contribution >= 4 is 6.09 Å². The molecule has 13 heteroatoms. The van der Waals surface area contributed by atoms with Crippen molar-refractivity contribution in [2.24, 2.45) is 11.8 Å². The molecule has 2 heterocycles. The molecule has 5 rings (SSSR count). The van der Waals surface area contributed by atoms with E-state index in [0.29, 0.717) is 43.7 Å². The molecule has 46 heavy (non-hydrogen) atoms. The van der Waals surface area contributed by atoms with Gasteiger partial charge in [0, 0.05) is 40.0 Å². The summed E-state index contributed by atoms with van der Waals surface area (Å²) in [4.78, 5) is 13.8. The fourth-order valence-corrected chi connectivity index (χ4v) is 4.71. The molecule has 2 aliphatic heterocycles. The minimum Gasteiger partial charge on any atom is -0.493 e. The summed E-state index contributed by atoms with van der Waals surface area (Å²) in [6.07, 6.45) is -7.18. The van der Waals surface area contributed by atoms with Gasteiger partial charge in [-0.15, -0.1) is 0 Å². The molecule has 3 aromatic carbocycles. The van der Waals surface area contributed by atoms with Gasteiger partial charge in [-0.1, -0.05) is 30.3 Å². The van der Waals surface area contributed by atoms with E-state index >= 15 is 0 Å². The lowest BCUT2D eigenvalue weighted by atomic mass is 10.1. The number of carbonyl (C=O) groups excluding carboxylic acids is 1. The highest BCUT2D eigenvalue weighted by atomic mass is 19.4. The van der Waals surface area contributed by atoms with Crippen LogP contribution in [-0.2, 0) is 23.7 Å². The zero-order valence-corrected chi connectivity index (χ0v) is 25.3. The molecule has 3 aromatic rings. The number of alkyl halides is 6. The van der Waals surface area contributed by atoms with Crippen molar-refractivity contribution in [3.05, 3.63) is 95.6 Å². The van der Waals surface area contributed by atoms with Gasteiger partial charge in [-0.2, -0.15) is 26.3 Å². The summed E-state index contributed by atoms with van der Waals surface area (Å²) >= 11 is 0. The van der Waals surface area contributed by atoms with E-state index < -0.39 is 23.5 Å². The summed E-state index contributed by atoms with van der Waals surface area (Å²) in [5.41, 5.74) is -0.428. The van der Waals surface area contributed by atoms with Crippen LogP contribution in [0.2, 0.25) is 0 Å². The summed E-state index contributed by atoms with van der Waals surface area (Å²) in [5, 5.41) is 10.2. The highest BCUT2D eigenvalue weighted by Crippen LogP contribution is 2.31. The maximum absolute atomic E-state index is 12.6. The molecule has 2 N–H and O–H groups in total. The third kappa shape index (κ3) is 12.1. The molecular weight excluding hydrogens is 618 g/mol. The zero-order valence-electron chi connectivity index (χ0n) is 25.3. The third-order valence-corrected chi connectivity index (χ3v) is 7.25. The SMILES string of the molecule is CO.FC(F)(F)c1ccc(OC[C@@H]2CCNC2)cc1.O=C(OCc1ccccc1)N1CC[C@@H](COc2ccc(C(F)(F)F)cc2)C1.[HH]. The molecule has 7 nitrogen and oxygen atoms in total. The van der Waals surface area contributed by atoms with Crippen LogP contribution in [0.25, 0.3) is 0 Å². The van der Waals surface area contributed by atoms with Gasteiger partial charge in [0.1, 0.15) is 18.1 Å². The lowest BCUT2D eigenvalue weighted by Gasteiger charge is -2.17. The molecule has 2 atom stereocenters. The number of carbonyl (C=O) groups is 1. The standard InChI is InChI=1S/C20H20F3NO3.C12H14F3NO.CH4O.H2/c21-20(22,23)17-6-8-18(9-7-17)26-14-16-10-11-24(12-16)19(25)27-13-15-4-2-1-3-5-15;13-12(14,15)10-1-3-11(4-2-10)17-8-9-5-6-16-7-9;1-2;/h1-9,16H,10-14H2;1-4,9,16H,5-8H2;2H,1H3;1H/t16-;9-;;/m11../s1. The predicted octanol–water partition coefficient (Wildman–Crippen LogP) is 7.29. The Morgan fingerprint density at radius 1 is 0.804 bits per heavy atom. The van der Waals surface area contributed by atoms with Crippen LogP contribution < -0.4 is 14.8 Å². The summed E-state index contributed by atoms with van der Waals surface area (Å²) in [5.74, 6) is 1.45. The van der Waals surface area contributed by atoms with Gasteiger partial charge in [0.25, 0.3) is 0 Å². The second kappa shape index (κ2) is 17.7. The number of hydrogen-bond acceptors (Lipinski definition) is 6. The van der Waals surface area contributed by atoms with Gasteiger partial charge in [0.2, 0.25) is 0 Å². The first-order valence-electron chi connectivity index (χ1n) is 14.7. The highest BCUT2D eigenvalue weighted by molar-refractivity contribution is 5.68. The smallest absolute Gasteiger partial charge is 0.416 e. The first-order valence-corrected chi connectivity index (χ1v) is 14.7. The van der Waals surface area contributed by atoms with Gasteiger partial charge in [-0.05, 0) is 73.5 Å². The number of nitrogens with one attached hydrogen (secondary N) is 1. The highest BCUT2D eigenvalue weighted by Gasteiger charge is 2.31. The lowest BCUT2D eigenvalue weighted by molar-refractivity contribution is -0.138. The van der Waals surface area contributed by atoms with Crippen LogP contribution in [0.4, 0.5) is 31.1 Å². The second-order valence-electron chi connectivity index (χ2n) is 10.7. The van der Waals surface area contributed by atoms with E-state index in [4.69, 9.17) is 19.3 Å². The summed E-state index contributed by atoms with van der Waals surface area (Å²) < 4.78 is 90.9. The van der Waals surface area contributed by atoms with Gasteiger partial charge >= 0.3 is 18.4 Å². The summed E-state index contributed by atoms with van der Waals surface area (Å²) in [6, 6.07) is 18.9. The van der Waals surface area contributed by atoms with Gasteiger partial charge in [0.15, 0.2) is 0 Å². The van der Waals surface area contributed by atoms with Crippen LogP contribution in [-0.4, -0.2) is 62.6 Å². The molecule has 0 saturated carbocycles. The van der Waals surface area contributed by atoms with Gasteiger partial charge in [-0.3, -0.25) is 0 Å². The number of halogens is 6. The first kappa shape index (κ1) is 36.5. The number of hydrogen-bond donors (Lipinski definition) is 2. The van der Waals surface area contributed by atoms with Crippen molar-refractivity contribution in [2.45, 2.75) is 31.8 Å². The molecule has 0 aromatic heterocycles. The van der Waals surface area contributed by atoms with E-state index in [2.05, 4.69) is 5.32 Å². The largest absolute Gasteiger partial charge is 0.493 e. The van der Waals surface area contributed by atoms with E-state index in [9.17, 15) is 31.1 Å². The van der Waals surface area contributed by atoms with Crippen LogP contribution in [0.15, 0.2) is 78.9 Å². The van der Waals surface area contributed by atoms with Crippen LogP contribution in [0.3, 0.4) is 0 Å². The molecular formula is C33H40F6N2O5. The van der Waals surface area contributed by atoms with Crippen LogP contribution in [0.1, 0.15) is 31.0 Å². The topological polar surface area (TPSA) is 80.3 Å². The van der Waals surface area contributed by atoms with Crippen molar-refractivity contribution < 1.29 is 51.9 Å². The molecule has 2 saturated heterocycles. The summed E-state index contributed by atoms with van der Waals surface area (Å²) in [7, 11) is 1.00. The maximum Gasteiger partial charge on any atom is 0.416 e. The normalized spacial score (nSPS) is 17.7. The number of nitrogens with zero attached hydrogens (tertiary/aromatic N) is 1. The van der Waals surface area contributed by atoms with E-state index in [-0.39, 0.29) is 20.0 Å². The molecule has 0 radical (unpaired) electrons. The number of ether oxygens (including phenoxy) is 3. The molecule has 2 fully saturated rings. The summed E-state index contributed by atoms with van der Waals surface area (Å²) in [6.45, 7) is 4.11. The van der Waals surface area contributed by atoms with E-state index in [1.54, 1.807) is 4.90 Å². The van der Waals surface area contributed by atoms with Crippen molar-refractivity contribution in [3.8, 4) is 11.5 Å². The van der Waals surface area contributed by atoms with E-state index in [1.807, 2.05) is 30.3 Å². The monoisotopic (exact) mass is 658 g/mol. The van der Waals surface area contributed by atoms with Crippen molar-refractivity contribution in [3.63, 3.8) is 0 Å². The minimum atomic E-state index is -4.36. The fourth-order valence-electron chi connectivity index (χ4n) is 4.71. The quantitative estimate of drug-likeness (QED) is 0.248. The van der Waals surface area contributed by atoms with Crippen LogP contribution >= 0.6 is 0 Å². The van der Waals surface area contributed by atoms with Crippen molar-refractivity contribution in [1.29, 1.82) is 0 Å². The van der Waals surface area contributed by atoms with Gasteiger partial charge < -0.3 is 29.5 Å². The number of rotatable bonds is 8. The Hall–Kier alpha value is -3.97. The van der Waals surface area contributed by atoms with Gasteiger partial charge in [0.05, 0.1) is 24.3 Å². The Morgan fingerprint density at radius 2 is 1.33 bits per heavy atom. The minimum absolute atomic E-state index is 0. The number of benzene rings is 3. The van der Waals surface area contributed by atoms with E-state index in [1.165, 1.54) is 24.3 Å². The fraction of sp³-hybridized carbons (Fsp3) is 0.424. The Morgan fingerprint density at radius 3 is 1.80 bits per heavy atom. The van der Waals surface area contributed by atoms with Crippen molar-refractivity contribution in [1.82, 2.24) is 10.2 Å². The molecule has 2 aliphatic rings. The molecule has 254 valence electrons. The van der Waals surface area contributed by atoms with Gasteiger partial charge in [-0.25, -0.2) is 4.79 Å². The molecule has 1 amide bonds. The first-order chi connectivity index (χ1) is 22.0. The number of aliphatic hydroxyl groups excluding tert-OH is 1. The average molecular weight is 659 g/mol. The number of likely N-dealkylation sites (tertiary alicyclic amines) is 1.